The minimum atomic E-state index is -0.271. The molecule has 1 heterocycles. The average molecular weight is 269 g/mol. The summed E-state index contributed by atoms with van der Waals surface area (Å²) in [5.74, 6) is -0.271. The number of benzene rings is 1. The van der Waals surface area contributed by atoms with Gasteiger partial charge in [0.1, 0.15) is 12.2 Å². The maximum absolute atomic E-state index is 11.7. The van der Waals surface area contributed by atoms with Crippen LogP contribution in [0.15, 0.2) is 47.6 Å². The number of aromatic nitrogens is 1. The van der Waals surface area contributed by atoms with Gasteiger partial charge >= 0.3 is 0 Å². The lowest BCUT2D eigenvalue weighted by molar-refractivity contribution is 0.0958. The third kappa shape index (κ3) is 3.47. The fourth-order valence-corrected chi connectivity index (χ4v) is 1.96. The van der Waals surface area contributed by atoms with Gasteiger partial charge in [-0.25, -0.2) is 4.98 Å². The van der Waals surface area contributed by atoms with E-state index >= 15 is 0 Å². The van der Waals surface area contributed by atoms with Gasteiger partial charge in [-0.1, -0.05) is 35.5 Å². The fraction of sp³-hybridized carbons (Fsp3) is 0.200. The number of amides is 1. The van der Waals surface area contributed by atoms with E-state index < -0.39 is 0 Å². The van der Waals surface area contributed by atoms with Gasteiger partial charge in [0.25, 0.3) is 5.91 Å². The molecule has 1 amide bonds. The Kier molecular flexibility index (Phi) is 4.55. The Morgan fingerprint density at radius 2 is 1.95 bits per heavy atom. The van der Waals surface area contributed by atoms with Gasteiger partial charge in [0.2, 0.25) is 0 Å². The van der Waals surface area contributed by atoms with E-state index in [4.69, 9.17) is 0 Å². The molecule has 5 nitrogen and oxygen atoms in total. The molecule has 0 atom stereocenters. The van der Waals surface area contributed by atoms with E-state index in [0.29, 0.717) is 17.7 Å². The zero-order valence-electron chi connectivity index (χ0n) is 11.2. The Hall–Kier alpha value is -2.56. The molecule has 5 heteroatoms. The molecular weight excluding hydrogens is 254 g/mol. The van der Waals surface area contributed by atoms with Gasteiger partial charge in [-0.3, -0.25) is 4.79 Å². The SMILES string of the molecule is CNC(=O)c1cc(CN=O)cc(Cc2ccccc2)n1. The molecule has 20 heavy (non-hydrogen) atoms. The molecular formula is C15H15N3O2. The van der Waals surface area contributed by atoms with Crippen LogP contribution in [0.3, 0.4) is 0 Å². The number of pyridine rings is 1. The summed E-state index contributed by atoms with van der Waals surface area (Å²) < 4.78 is 0. The van der Waals surface area contributed by atoms with Gasteiger partial charge in [-0.15, -0.1) is 0 Å². The van der Waals surface area contributed by atoms with E-state index in [1.165, 1.54) is 0 Å². The number of nitroso groups, excluding NO2 is 1. The molecule has 1 aromatic heterocycles. The summed E-state index contributed by atoms with van der Waals surface area (Å²) in [6.45, 7) is 0.0360. The Morgan fingerprint density at radius 1 is 1.20 bits per heavy atom. The Bertz CT molecular complexity index is 612. The Labute approximate surface area is 117 Å². The molecule has 0 saturated heterocycles. The first-order valence-corrected chi connectivity index (χ1v) is 6.28. The normalized spacial score (nSPS) is 10.1. The van der Waals surface area contributed by atoms with Crippen LogP contribution in [-0.4, -0.2) is 17.9 Å². The van der Waals surface area contributed by atoms with Crippen molar-refractivity contribution in [2.75, 3.05) is 7.05 Å². The van der Waals surface area contributed by atoms with E-state index in [-0.39, 0.29) is 12.5 Å². The minimum Gasteiger partial charge on any atom is -0.354 e. The average Bonchev–Trinajstić information content (AvgIpc) is 2.47. The van der Waals surface area contributed by atoms with E-state index in [1.807, 2.05) is 30.3 Å². The van der Waals surface area contributed by atoms with Crippen molar-refractivity contribution >= 4 is 5.91 Å². The van der Waals surface area contributed by atoms with Gasteiger partial charge in [0.05, 0.1) is 0 Å². The van der Waals surface area contributed by atoms with Gasteiger partial charge in [-0.2, -0.15) is 4.91 Å². The third-order valence-corrected chi connectivity index (χ3v) is 2.87. The highest BCUT2D eigenvalue weighted by Crippen LogP contribution is 2.12. The summed E-state index contributed by atoms with van der Waals surface area (Å²) in [6.07, 6.45) is 0.609. The van der Waals surface area contributed by atoms with Gasteiger partial charge in [-0.05, 0) is 23.3 Å². The molecule has 2 rings (SSSR count). The molecule has 102 valence electrons. The van der Waals surface area contributed by atoms with Crippen molar-refractivity contribution in [3.05, 3.63) is 69.9 Å². The standard InChI is InChI=1S/C15H15N3O2/c1-16-15(19)14-9-12(10-17-20)8-13(18-14)7-11-5-3-2-4-6-11/h2-6,8-9H,7,10H2,1H3,(H,16,19). The van der Waals surface area contributed by atoms with Crippen LogP contribution in [0.5, 0.6) is 0 Å². The zero-order valence-corrected chi connectivity index (χ0v) is 11.2. The second-order valence-corrected chi connectivity index (χ2v) is 4.38. The van der Waals surface area contributed by atoms with Gasteiger partial charge < -0.3 is 5.32 Å². The van der Waals surface area contributed by atoms with Crippen LogP contribution in [0.1, 0.15) is 27.3 Å². The number of hydrogen-bond donors (Lipinski definition) is 1. The first-order chi connectivity index (χ1) is 9.72. The molecule has 0 aliphatic carbocycles. The highest BCUT2D eigenvalue weighted by atomic mass is 16.3. The van der Waals surface area contributed by atoms with Crippen molar-refractivity contribution in [3.8, 4) is 0 Å². The number of carbonyl (C=O) groups excluding carboxylic acids is 1. The summed E-state index contributed by atoms with van der Waals surface area (Å²) in [4.78, 5) is 26.4. The van der Waals surface area contributed by atoms with Crippen molar-refractivity contribution in [1.29, 1.82) is 0 Å². The fourth-order valence-electron chi connectivity index (χ4n) is 1.96. The first kappa shape index (κ1) is 13.9. The Morgan fingerprint density at radius 3 is 2.60 bits per heavy atom. The lowest BCUT2D eigenvalue weighted by Gasteiger charge is -2.07. The number of carbonyl (C=O) groups is 1. The van der Waals surface area contributed by atoms with Crippen LogP contribution in [-0.2, 0) is 13.0 Å². The summed E-state index contributed by atoms with van der Waals surface area (Å²) in [7, 11) is 1.55. The molecule has 0 spiro atoms. The second-order valence-electron chi connectivity index (χ2n) is 4.38. The van der Waals surface area contributed by atoms with Crippen molar-refractivity contribution in [1.82, 2.24) is 10.3 Å². The predicted molar refractivity (Wildman–Crippen MR) is 76.4 cm³/mol. The largest absolute Gasteiger partial charge is 0.354 e. The molecule has 0 bridgehead atoms. The van der Waals surface area contributed by atoms with Crippen LogP contribution in [0.4, 0.5) is 0 Å². The van der Waals surface area contributed by atoms with E-state index in [0.717, 1.165) is 11.3 Å². The lowest BCUT2D eigenvalue weighted by Crippen LogP contribution is -2.20. The van der Waals surface area contributed by atoms with E-state index in [9.17, 15) is 9.70 Å². The van der Waals surface area contributed by atoms with Crippen LogP contribution >= 0.6 is 0 Å². The van der Waals surface area contributed by atoms with Gasteiger partial charge in [0.15, 0.2) is 0 Å². The quantitative estimate of drug-likeness (QED) is 0.846. The maximum atomic E-state index is 11.7. The molecule has 0 aliphatic rings. The van der Waals surface area contributed by atoms with Crippen LogP contribution in [0.2, 0.25) is 0 Å². The molecule has 0 aliphatic heterocycles. The van der Waals surface area contributed by atoms with Crippen LogP contribution < -0.4 is 5.32 Å². The van der Waals surface area contributed by atoms with Gasteiger partial charge in [0, 0.05) is 19.2 Å². The maximum Gasteiger partial charge on any atom is 0.269 e. The minimum absolute atomic E-state index is 0.0360. The van der Waals surface area contributed by atoms with Crippen molar-refractivity contribution in [3.63, 3.8) is 0 Å². The smallest absolute Gasteiger partial charge is 0.269 e. The molecule has 2 aromatic rings. The summed E-state index contributed by atoms with van der Waals surface area (Å²) in [5, 5.41) is 5.40. The van der Waals surface area contributed by atoms with Crippen molar-refractivity contribution < 1.29 is 4.79 Å². The highest BCUT2D eigenvalue weighted by molar-refractivity contribution is 5.92. The first-order valence-electron chi connectivity index (χ1n) is 6.28. The summed E-state index contributed by atoms with van der Waals surface area (Å²) in [5.41, 5.74) is 2.84. The topological polar surface area (TPSA) is 71.4 Å². The Balaban J connectivity index is 2.33. The molecule has 1 aromatic carbocycles. The second kappa shape index (κ2) is 6.56. The molecule has 0 fully saturated rings. The molecule has 0 saturated carbocycles. The van der Waals surface area contributed by atoms with Crippen molar-refractivity contribution in [2.45, 2.75) is 13.0 Å². The number of nitrogens with one attached hydrogen (secondary N) is 1. The van der Waals surface area contributed by atoms with E-state index in [2.05, 4.69) is 15.5 Å². The van der Waals surface area contributed by atoms with Crippen LogP contribution in [0.25, 0.3) is 0 Å². The monoisotopic (exact) mass is 269 g/mol. The summed E-state index contributed by atoms with van der Waals surface area (Å²) in [6, 6.07) is 13.2. The van der Waals surface area contributed by atoms with Crippen molar-refractivity contribution in [2.24, 2.45) is 5.18 Å². The summed E-state index contributed by atoms with van der Waals surface area (Å²) >= 11 is 0. The lowest BCUT2D eigenvalue weighted by atomic mass is 10.1. The molecule has 0 radical (unpaired) electrons. The van der Waals surface area contributed by atoms with Crippen LogP contribution in [0, 0.1) is 4.91 Å². The number of rotatable bonds is 5. The molecule has 1 N–H and O–H groups in total. The highest BCUT2D eigenvalue weighted by Gasteiger charge is 2.09. The number of nitrogens with zero attached hydrogens (tertiary/aromatic N) is 2. The number of hydrogen-bond acceptors (Lipinski definition) is 4. The molecule has 0 unspecified atom stereocenters. The third-order valence-electron chi connectivity index (χ3n) is 2.87. The predicted octanol–water partition coefficient (Wildman–Crippen LogP) is 2.30. The van der Waals surface area contributed by atoms with E-state index in [1.54, 1.807) is 19.2 Å². The zero-order chi connectivity index (χ0) is 14.4.